The topological polar surface area (TPSA) is 94.7 Å². The van der Waals surface area contributed by atoms with Gasteiger partial charge in [0.25, 0.3) is 0 Å². The Kier molecular flexibility index (Phi) is 6.02. The van der Waals surface area contributed by atoms with Crippen molar-refractivity contribution in [2.24, 2.45) is 0 Å². The van der Waals surface area contributed by atoms with Gasteiger partial charge in [-0.15, -0.1) is 0 Å². The summed E-state index contributed by atoms with van der Waals surface area (Å²) in [6.45, 7) is 4.25. The first-order valence-electron chi connectivity index (χ1n) is 10.7. The summed E-state index contributed by atoms with van der Waals surface area (Å²) in [6.07, 6.45) is 3.09. The predicted octanol–water partition coefficient (Wildman–Crippen LogP) is 4.90. The molecule has 1 unspecified atom stereocenters. The largest absolute Gasteiger partial charge is 0.505 e. The number of esters is 1. The van der Waals surface area contributed by atoms with E-state index < -0.39 is 5.97 Å². The summed E-state index contributed by atoms with van der Waals surface area (Å²) in [4.78, 5) is 17.2. The minimum Gasteiger partial charge on any atom is -0.505 e. The standard InChI is InChI=1S/C25H27FN2O4/c1-13-17(12-15-7-9-16(26)10-8-15)22(18-6-4-5-11-32-18)28-23-19(13)21(27)14(2)20(24(23)29)25(30)31-3/h7-10,18,29H,4-6,11-12,27H2,1-3H3. The first-order chi connectivity index (χ1) is 15.3. The van der Waals surface area contributed by atoms with Gasteiger partial charge in [0.05, 0.1) is 18.9 Å². The van der Waals surface area contributed by atoms with Crippen LogP contribution in [0.5, 0.6) is 5.75 Å². The number of phenolic OH excluding ortho intramolecular Hbond substituents is 1. The van der Waals surface area contributed by atoms with E-state index in [9.17, 15) is 14.3 Å². The summed E-state index contributed by atoms with van der Waals surface area (Å²) < 4.78 is 24.3. The van der Waals surface area contributed by atoms with Crippen LogP contribution < -0.4 is 5.73 Å². The van der Waals surface area contributed by atoms with Gasteiger partial charge in [-0.1, -0.05) is 12.1 Å². The van der Waals surface area contributed by atoms with Gasteiger partial charge in [-0.25, -0.2) is 14.2 Å². The summed E-state index contributed by atoms with van der Waals surface area (Å²) in [6, 6.07) is 6.36. The van der Waals surface area contributed by atoms with Crippen LogP contribution in [0.4, 0.5) is 10.1 Å². The zero-order valence-electron chi connectivity index (χ0n) is 18.5. The number of anilines is 1. The van der Waals surface area contributed by atoms with E-state index in [1.807, 2.05) is 6.92 Å². The number of pyridine rings is 1. The van der Waals surface area contributed by atoms with Crippen LogP contribution in [0.3, 0.4) is 0 Å². The third kappa shape index (κ3) is 3.77. The molecule has 2 aromatic carbocycles. The molecule has 1 aliphatic heterocycles. The molecule has 0 bridgehead atoms. The smallest absolute Gasteiger partial charge is 0.342 e. The van der Waals surface area contributed by atoms with E-state index >= 15 is 0 Å². The van der Waals surface area contributed by atoms with Crippen molar-refractivity contribution in [2.75, 3.05) is 19.5 Å². The van der Waals surface area contributed by atoms with E-state index in [4.69, 9.17) is 20.2 Å². The average Bonchev–Trinajstić information content (AvgIpc) is 2.80. The van der Waals surface area contributed by atoms with Gasteiger partial charge in [-0.3, -0.25) is 0 Å². The van der Waals surface area contributed by atoms with Crippen LogP contribution in [0.2, 0.25) is 0 Å². The number of benzene rings is 2. The monoisotopic (exact) mass is 438 g/mol. The second-order valence-corrected chi connectivity index (χ2v) is 8.24. The van der Waals surface area contributed by atoms with E-state index in [1.165, 1.54) is 19.2 Å². The number of fused-ring (bicyclic) bond motifs is 1. The van der Waals surface area contributed by atoms with Gasteiger partial charge < -0.3 is 20.3 Å². The third-order valence-electron chi connectivity index (χ3n) is 6.28. The minimum absolute atomic E-state index is 0.0196. The van der Waals surface area contributed by atoms with Gasteiger partial charge in [0.15, 0.2) is 5.75 Å². The Morgan fingerprint density at radius 3 is 2.59 bits per heavy atom. The third-order valence-corrected chi connectivity index (χ3v) is 6.28. The number of hydrogen-bond acceptors (Lipinski definition) is 6. The van der Waals surface area contributed by atoms with E-state index in [0.29, 0.717) is 35.4 Å². The Morgan fingerprint density at radius 2 is 1.97 bits per heavy atom. The zero-order valence-corrected chi connectivity index (χ0v) is 18.5. The molecule has 1 atom stereocenters. The number of carbonyl (C=O) groups excluding carboxylic acids is 1. The minimum atomic E-state index is -0.668. The number of hydrogen-bond donors (Lipinski definition) is 2. The van der Waals surface area contributed by atoms with Gasteiger partial charge in [0, 0.05) is 17.7 Å². The number of aryl methyl sites for hydroxylation is 1. The molecule has 6 nitrogen and oxygen atoms in total. The Balaban J connectivity index is 1.99. The number of halogens is 1. The van der Waals surface area contributed by atoms with Crippen molar-refractivity contribution >= 4 is 22.6 Å². The molecule has 0 spiro atoms. The SMILES string of the molecule is COC(=O)c1c(C)c(N)c2c(C)c(Cc3ccc(F)cc3)c(C3CCCCO3)nc2c1O. The molecule has 3 N–H and O–H groups in total. The fourth-order valence-corrected chi connectivity index (χ4v) is 4.49. The summed E-state index contributed by atoms with van der Waals surface area (Å²) in [5.74, 6) is -1.20. The van der Waals surface area contributed by atoms with Crippen LogP contribution in [-0.4, -0.2) is 29.8 Å². The maximum absolute atomic E-state index is 13.4. The quantitative estimate of drug-likeness (QED) is 0.342. The van der Waals surface area contributed by atoms with E-state index in [0.717, 1.165) is 36.0 Å². The Morgan fingerprint density at radius 1 is 1.25 bits per heavy atom. The number of carbonyl (C=O) groups is 1. The van der Waals surface area contributed by atoms with Crippen LogP contribution in [0, 0.1) is 19.7 Å². The highest BCUT2D eigenvalue weighted by Gasteiger charge is 2.28. The number of nitrogens with zero attached hydrogens (tertiary/aromatic N) is 1. The van der Waals surface area contributed by atoms with Crippen molar-refractivity contribution in [1.82, 2.24) is 4.98 Å². The van der Waals surface area contributed by atoms with Crippen molar-refractivity contribution < 1.29 is 23.8 Å². The molecule has 0 aliphatic carbocycles. The Hall–Kier alpha value is -3.19. The fourth-order valence-electron chi connectivity index (χ4n) is 4.49. The fraction of sp³-hybridized carbons (Fsp3) is 0.360. The molecule has 1 fully saturated rings. The van der Waals surface area contributed by atoms with Crippen molar-refractivity contribution in [1.29, 1.82) is 0 Å². The number of phenols is 1. The van der Waals surface area contributed by atoms with Gasteiger partial charge in [0.1, 0.15) is 16.9 Å². The molecule has 1 aromatic heterocycles. The van der Waals surface area contributed by atoms with Gasteiger partial charge >= 0.3 is 5.97 Å². The first-order valence-corrected chi connectivity index (χ1v) is 10.7. The van der Waals surface area contributed by atoms with Crippen LogP contribution in [-0.2, 0) is 15.9 Å². The Labute approximate surface area is 186 Å². The molecule has 1 aliphatic rings. The van der Waals surface area contributed by atoms with Crippen molar-refractivity contribution in [3.8, 4) is 5.75 Å². The highest BCUT2D eigenvalue weighted by Crippen LogP contribution is 2.42. The lowest BCUT2D eigenvalue weighted by Gasteiger charge is -2.27. The lowest BCUT2D eigenvalue weighted by Crippen LogP contribution is -2.17. The second kappa shape index (κ2) is 8.74. The van der Waals surface area contributed by atoms with Crippen molar-refractivity contribution in [3.63, 3.8) is 0 Å². The number of ether oxygens (including phenoxy) is 2. The van der Waals surface area contributed by atoms with E-state index in [1.54, 1.807) is 19.1 Å². The number of rotatable bonds is 4. The zero-order chi connectivity index (χ0) is 23.0. The molecule has 7 heteroatoms. The lowest BCUT2D eigenvalue weighted by molar-refractivity contribution is 0.0119. The van der Waals surface area contributed by atoms with Gasteiger partial charge in [-0.05, 0) is 73.9 Å². The van der Waals surface area contributed by atoms with Gasteiger partial charge in [0.2, 0.25) is 0 Å². The summed E-state index contributed by atoms with van der Waals surface area (Å²) in [7, 11) is 1.26. The first kappa shape index (κ1) is 22.0. The molecule has 0 radical (unpaired) electrons. The number of methoxy groups -OCH3 is 1. The van der Waals surface area contributed by atoms with Crippen molar-refractivity contribution in [2.45, 2.75) is 45.6 Å². The molecule has 168 valence electrons. The molecule has 1 saturated heterocycles. The highest BCUT2D eigenvalue weighted by molar-refractivity contribution is 6.08. The number of aromatic nitrogens is 1. The molecular formula is C25H27FN2O4. The van der Waals surface area contributed by atoms with Gasteiger partial charge in [-0.2, -0.15) is 0 Å². The molecule has 3 aromatic rings. The van der Waals surface area contributed by atoms with Crippen LogP contribution in [0.1, 0.15) is 63.7 Å². The van der Waals surface area contributed by atoms with Crippen LogP contribution >= 0.6 is 0 Å². The summed E-state index contributed by atoms with van der Waals surface area (Å²) in [5, 5.41) is 11.6. The molecule has 0 amide bonds. The number of aromatic hydroxyl groups is 1. The average molecular weight is 438 g/mol. The van der Waals surface area contributed by atoms with Crippen LogP contribution in [0.15, 0.2) is 24.3 Å². The van der Waals surface area contributed by atoms with E-state index in [-0.39, 0.29) is 28.8 Å². The van der Waals surface area contributed by atoms with Crippen molar-refractivity contribution in [3.05, 3.63) is 63.6 Å². The normalized spacial score (nSPS) is 16.3. The maximum Gasteiger partial charge on any atom is 0.342 e. The Bertz CT molecular complexity index is 1190. The molecule has 4 rings (SSSR count). The number of nitrogen functional groups attached to an aromatic ring is 1. The molecule has 32 heavy (non-hydrogen) atoms. The highest BCUT2D eigenvalue weighted by atomic mass is 19.1. The summed E-state index contributed by atoms with van der Waals surface area (Å²) in [5.41, 5.74) is 11.0. The molecule has 2 heterocycles. The van der Waals surface area contributed by atoms with E-state index in [2.05, 4.69) is 0 Å². The second-order valence-electron chi connectivity index (χ2n) is 8.24. The van der Waals surface area contributed by atoms with Crippen LogP contribution in [0.25, 0.3) is 10.9 Å². The predicted molar refractivity (Wildman–Crippen MR) is 120 cm³/mol. The maximum atomic E-state index is 13.4. The molecule has 0 saturated carbocycles. The lowest BCUT2D eigenvalue weighted by atomic mass is 9.89. The summed E-state index contributed by atoms with van der Waals surface area (Å²) >= 11 is 0. The molecular weight excluding hydrogens is 411 g/mol. The number of nitrogens with two attached hydrogens (primary N) is 1.